The number of nitrogens with zero attached hydrogens (tertiary/aromatic N) is 1. The van der Waals surface area contributed by atoms with Gasteiger partial charge in [-0.25, -0.2) is 0 Å². The second-order valence-corrected chi connectivity index (χ2v) is 4.13. The van der Waals surface area contributed by atoms with Crippen LogP contribution in [0.15, 0.2) is 12.1 Å². The lowest BCUT2D eigenvalue weighted by Gasteiger charge is -2.31. The number of ether oxygens (including phenoxy) is 1. The lowest BCUT2D eigenvalue weighted by molar-refractivity contribution is 0.408. The summed E-state index contributed by atoms with van der Waals surface area (Å²) < 4.78 is 5.43. The third-order valence-corrected chi connectivity index (χ3v) is 3.23. The zero-order valence-corrected chi connectivity index (χ0v) is 9.84. The maximum atomic E-state index is 5.43. The summed E-state index contributed by atoms with van der Waals surface area (Å²) >= 11 is 0. The number of hydrogen-bond donors (Lipinski definition) is 0. The summed E-state index contributed by atoms with van der Waals surface area (Å²) in [5.74, 6) is 1.05. The Morgan fingerprint density at radius 3 is 2.87 bits per heavy atom. The van der Waals surface area contributed by atoms with Gasteiger partial charge in [-0.1, -0.05) is 13.0 Å². The second kappa shape index (κ2) is 4.13. The van der Waals surface area contributed by atoms with E-state index in [0.717, 1.165) is 25.1 Å². The molecule has 0 amide bonds. The third-order valence-electron chi connectivity index (χ3n) is 3.23. The molecule has 1 aliphatic rings. The number of methoxy groups -OCH3 is 1. The predicted molar refractivity (Wildman–Crippen MR) is 64.0 cm³/mol. The third kappa shape index (κ3) is 1.69. The molecule has 2 rings (SSSR count). The van der Waals surface area contributed by atoms with Gasteiger partial charge < -0.3 is 9.64 Å². The zero-order valence-electron chi connectivity index (χ0n) is 9.84. The SMILES string of the molecule is CCc1ccc(OC)c2c1N(C)CCC2. The minimum atomic E-state index is 1.05. The van der Waals surface area contributed by atoms with Gasteiger partial charge >= 0.3 is 0 Å². The number of fused-ring (bicyclic) bond motifs is 1. The molecule has 0 bridgehead atoms. The number of aryl methyl sites for hydroxylation is 1. The van der Waals surface area contributed by atoms with Crippen LogP contribution in [-0.4, -0.2) is 20.7 Å². The smallest absolute Gasteiger partial charge is 0.124 e. The second-order valence-electron chi connectivity index (χ2n) is 4.13. The van der Waals surface area contributed by atoms with Crippen LogP contribution in [0.2, 0.25) is 0 Å². The van der Waals surface area contributed by atoms with Gasteiger partial charge in [0.1, 0.15) is 5.75 Å². The Bertz CT molecular complexity index is 360. The number of rotatable bonds is 2. The highest BCUT2D eigenvalue weighted by atomic mass is 16.5. The van der Waals surface area contributed by atoms with Crippen molar-refractivity contribution in [3.05, 3.63) is 23.3 Å². The van der Waals surface area contributed by atoms with Crippen molar-refractivity contribution in [3.63, 3.8) is 0 Å². The van der Waals surface area contributed by atoms with Gasteiger partial charge in [-0.15, -0.1) is 0 Å². The summed E-state index contributed by atoms with van der Waals surface area (Å²) in [7, 11) is 3.94. The Kier molecular flexibility index (Phi) is 2.85. The van der Waals surface area contributed by atoms with E-state index in [0.29, 0.717) is 0 Å². The van der Waals surface area contributed by atoms with E-state index in [2.05, 4.69) is 31.0 Å². The van der Waals surface area contributed by atoms with Crippen molar-refractivity contribution < 1.29 is 4.74 Å². The van der Waals surface area contributed by atoms with Crippen LogP contribution in [0.1, 0.15) is 24.5 Å². The molecule has 1 heterocycles. The van der Waals surface area contributed by atoms with Crippen LogP contribution in [0.5, 0.6) is 5.75 Å². The average molecular weight is 205 g/mol. The molecule has 1 aromatic rings. The number of anilines is 1. The van der Waals surface area contributed by atoms with Crippen LogP contribution in [-0.2, 0) is 12.8 Å². The molecule has 0 N–H and O–H groups in total. The van der Waals surface area contributed by atoms with E-state index in [-0.39, 0.29) is 0 Å². The molecule has 0 saturated heterocycles. The molecule has 0 atom stereocenters. The first-order valence-electron chi connectivity index (χ1n) is 5.67. The Morgan fingerprint density at radius 1 is 1.40 bits per heavy atom. The van der Waals surface area contributed by atoms with Crippen molar-refractivity contribution in [1.82, 2.24) is 0 Å². The molecule has 82 valence electrons. The molecular formula is C13H19NO. The Labute approximate surface area is 91.9 Å². The van der Waals surface area contributed by atoms with Crippen LogP contribution in [0.25, 0.3) is 0 Å². The Hall–Kier alpha value is -1.18. The summed E-state index contributed by atoms with van der Waals surface area (Å²) in [6.07, 6.45) is 3.47. The van der Waals surface area contributed by atoms with Crippen LogP contribution >= 0.6 is 0 Å². The normalized spacial score (nSPS) is 15.0. The fourth-order valence-electron chi connectivity index (χ4n) is 2.46. The molecule has 15 heavy (non-hydrogen) atoms. The van der Waals surface area contributed by atoms with Crippen molar-refractivity contribution in [1.29, 1.82) is 0 Å². The van der Waals surface area contributed by atoms with Crippen molar-refractivity contribution in [2.45, 2.75) is 26.2 Å². The van der Waals surface area contributed by atoms with E-state index >= 15 is 0 Å². The lowest BCUT2D eigenvalue weighted by Crippen LogP contribution is -2.26. The van der Waals surface area contributed by atoms with Gasteiger partial charge in [-0.2, -0.15) is 0 Å². The minimum Gasteiger partial charge on any atom is -0.496 e. The van der Waals surface area contributed by atoms with Gasteiger partial charge in [0.2, 0.25) is 0 Å². The van der Waals surface area contributed by atoms with E-state index in [1.807, 2.05) is 0 Å². The van der Waals surface area contributed by atoms with E-state index in [9.17, 15) is 0 Å². The molecule has 1 aliphatic heterocycles. The van der Waals surface area contributed by atoms with Crippen LogP contribution < -0.4 is 9.64 Å². The molecule has 0 saturated carbocycles. The fourth-order valence-corrected chi connectivity index (χ4v) is 2.46. The van der Waals surface area contributed by atoms with Gasteiger partial charge in [0.25, 0.3) is 0 Å². The van der Waals surface area contributed by atoms with E-state index < -0.39 is 0 Å². The largest absolute Gasteiger partial charge is 0.496 e. The standard InChI is InChI=1S/C13H19NO/c1-4-10-7-8-12(15-3)11-6-5-9-14(2)13(10)11/h7-8H,4-6,9H2,1-3H3. The maximum absolute atomic E-state index is 5.43. The highest BCUT2D eigenvalue weighted by Gasteiger charge is 2.20. The number of benzene rings is 1. The Morgan fingerprint density at radius 2 is 2.20 bits per heavy atom. The van der Waals surface area contributed by atoms with Gasteiger partial charge in [-0.3, -0.25) is 0 Å². The maximum Gasteiger partial charge on any atom is 0.124 e. The van der Waals surface area contributed by atoms with Crippen molar-refractivity contribution in [2.24, 2.45) is 0 Å². The molecule has 0 unspecified atom stereocenters. The predicted octanol–water partition coefficient (Wildman–Crippen LogP) is 2.64. The molecule has 2 nitrogen and oxygen atoms in total. The Balaban J connectivity index is 2.56. The monoisotopic (exact) mass is 205 g/mol. The average Bonchev–Trinajstić information content (AvgIpc) is 2.28. The van der Waals surface area contributed by atoms with Crippen molar-refractivity contribution in [3.8, 4) is 5.75 Å². The topological polar surface area (TPSA) is 12.5 Å². The van der Waals surface area contributed by atoms with E-state index in [1.165, 1.54) is 23.2 Å². The number of hydrogen-bond acceptors (Lipinski definition) is 2. The molecule has 0 aliphatic carbocycles. The summed E-state index contributed by atoms with van der Waals surface area (Å²) in [6, 6.07) is 4.30. The van der Waals surface area contributed by atoms with Crippen molar-refractivity contribution in [2.75, 3.05) is 25.6 Å². The van der Waals surface area contributed by atoms with Crippen LogP contribution in [0, 0.1) is 0 Å². The highest BCUT2D eigenvalue weighted by molar-refractivity contribution is 5.65. The molecule has 0 spiro atoms. The first-order chi connectivity index (χ1) is 7.27. The summed E-state index contributed by atoms with van der Waals surface area (Å²) in [5.41, 5.74) is 4.24. The molecule has 0 radical (unpaired) electrons. The molecule has 2 heteroatoms. The summed E-state index contributed by atoms with van der Waals surface area (Å²) in [5, 5.41) is 0. The van der Waals surface area contributed by atoms with Gasteiger partial charge in [-0.05, 0) is 30.9 Å². The molecule has 0 aromatic heterocycles. The van der Waals surface area contributed by atoms with Crippen LogP contribution in [0.3, 0.4) is 0 Å². The van der Waals surface area contributed by atoms with Crippen molar-refractivity contribution >= 4 is 5.69 Å². The van der Waals surface area contributed by atoms with Crippen LogP contribution in [0.4, 0.5) is 5.69 Å². The minimum absolute atomic E-state index is 1.05. The zero-order chi connectivity index (χ0) is 10.8. The fraction of sp³-hybridized carbons (Fsp3) is 0.538. The first-order valence-corrected chi connectivity index (χ1v) is 5.67. The highest BCUT2D eigenvalue weighted by Crippen LogP contribution is 2.36. The van der Waals surface area contributed by atoms with E-state index in [4.69, 9.17) is 4.74 Å². The molecular weight excluding hydrogens is 186 g/mol. The van der Waals surface area contributed by atoms with Gasteiger partial charge in [0, 0.05) is 24.8 Å². The van der Waals surface area contributed by atoms with Gasteiger partial charge in [0.15, 0.2) is 0 Å². The quantitative estimate of drug-likeness (QED) is 0.736. The summed E-state index contributed by atoms with van der Waals surface area (Å²) in [6.45, 7) is 3.37. The lowest BCUT2D eigenvalue weighted by atomic mass is 9.96. The first kappa shape index (κ1) is 10.3. The molecule has 1 aromatic carbocycles. The van der Waals surface area contributed by atoms with E-state index in [1.54, 1.807) is 7.11 Å². The summed E-state index contributed by atoms with van der Waals surface area (Å²) in [4.78, 5) is 2.36. The van der Waals surface area contributed by atoms with Gasteiger partial charge in [0.05, 0.1) is 7.11 Å². The molecule has 0 fully saturated rings.